The third-order valence-electron chi connectivity index (χ3n) is 3.64. The predicted molar refractivity (Wildman–Crippen MR) is 94.8 cm³/mol. The van der Waals surface area contributed by atoms with E-state index in [1.807, 2.05) is 37.3 Å². The molecule has 2 aromatic heterocycles. The number of nitrogens with zero attached hydrogens (tertiary/aromatic N) is 1. The molecule has 3 rings (SSSR count). The van der Waals surface area contributed by atoms with E-state index in [9.17, 15) is 4.79 Å². The molecule has 0 unspecified atom stereocenters. The number of fused-ring (bicyclic) bond motifs is 1. The maximum Gasteiger partial charge on any atom is 0.259 e. The van der Waals surface area contributed by atoms with E-state index in [-0.39, 0.29) is 5.56 Å². The fourth-order valence-electron chi connectivity index (χ4n) is 2.60. The average Bonchev–Trinajstić information content (AvgIpc) is 2.93. The minimum atomic E-state index is -0.257. The largest absolute Gasteiger partial charge is 0.351 e. The summed E-state index contributed by atoms with van der Waals surface area (Å²) in [5.74, 6) is 0.406. The number of aromatic amines is 2. The van der Waals surface area contributed by atoms with Crippen molar-refractivity contribution in [2.75, 3.05) is 0 Å². The minimum absolute atomic E-state index is 0.257. The van der Waals surface area contributed by atoms with Gasteiger partial charge in [0, 0.05) is 22.7 Å². The van der Waals surface area contributed by atoms with Crippen LogP contribution in [0, 0.1) is 5.41 Å². The van der Waals surface area contributed by atoms with Crippen molar-refractivity contribution >= 4 is 29.3 Å². The number of hydrogen-bond acceptors (Lipinski definition) is 3. The maximum absolute atomic E-state index is 12.3. The van der Waals surface area contributed by atoms with Crippen molar-refractivity contribution in [1.82, 2.24) is 15.0 Å². The van der Waals surface area contributed by atoms with E-state index < -0.39 is 0 Å². The maximum atomic E-state index is 12.3. The monoisotopic (exact) mass is 304 g/mol. The van der Waals surface area contributed by atoms with Crippen LogP contribution in [0.3, 0.4) is 0 Å². The second-order valence-electron chi connectivity index (χ2n) is 5.02. The molecule has 0 spiro atoms. The topological polar surface area (TPSA) is 85.4 Å². The normalized spacial score (nSPS) is 11.2. The van der Waals surface area contributed by atoms with Gasteiger partial charge >= 0.3 is 0 Å². The van der Waals surface area contributed by atoms with Crippen LogP contribution in [0.2, 0.25) is 0 Å². The summed E-state index contributed by atoms with van der Waals surface area (Å²) in [7, 11) is 0. The number of rotatable bonds is 4. The SMILES string of the molecule is C=Cc1c(/C=C\C)nc(-c2[nH]c3ccccc3c2C=N)[nH]c1=O. The molecule has 0 aliphatic heterocycles. The van der Waals surface area contributed by atoms with Crippen molar-refractivity contribution < 1.29 is 0 Å². The molecule has 5 nitrogen and oxygen atoms in total. The highest BCUT2D eigenvalue weighted by molar-refractivity contribution is 6.04. The van der Waals surface area contributed by atoms with Crippen molar-refractivity contribution in [3.63, 3.8) is 0 Å². The summed E-state index contributed by atoms with van der Waals surface area (Å²) in [6.07, 6.45) is 6.35. The average molecular weight is 304 g/mol. The van der Waals surface area contributed by atoms with Crippen molar-refractivity contribution in [2.45, 2.75) is 6.92 Å². The molecule has 114 valence electrons. The molecule has 0 bridgehead atoms. The zero-order valence-corrected chi connectivity index (χ0v) is 12.7. The number of nitrogens with one attached hydrogen (secondary N) is 3. The second kappa shape index (κ2) is 5.88. The Morgan fingerprint density at radius 3 is 2.70 bits per heavy atom. The molecule has 0 saturated heterocycles. The number of H-pyrrole nitrogens is 2. The summed E-state index contributed by atoms with van der Waals surface area (Å²) in [6.45, 7) is 5.53. The van der Waals surface area contributed by atoms with E-state index in [2.05, 4.69) is 21.5 Å². The van der Waals surface area contributed by atoms with Gasteiger partial charge in [0.1, 0.15) is 0 Å². The van der Waals surface area contributed by atoms with Gasteiger partial charge in [-0.2, -0.15) is 0 Å². The molecule has 0 amide bonds. The summed E-state index contributed by atoms with van der Waals surface area (Å²) >= 11 is 0. The molecule has 0 aliphatic carbocycles. The Hall–Kier alpha value is -3.21. The van der Waals surface area contributed by atoms with Gasteiger partial charge in [-0.3, -0.25) is 4.79 Å². The van der Waals surface area contributed by atoms with Crippen LogP contribution in [0.1, 0.15) is 23.7 Å². The number of hydrogen-bond donors (Lipinski definition) is 3. The lowest BCUT2D eigenvalue weighted by Crippen LogP contribution is -2.15. The summed E-state index contributed by atoms with van der Waals surface area (Å²) in [6, 6.07) is 7.68. The Bertz CT molecular complexity index is 992. The number of aromatic nitrogens is 3. The Morgan fingerprint density at radius 2 is 2.00 bits per heavy atom. The van der Waals surface area contributed by atoms with Gasteiger partial charge < -0.3 is 15.4 Å². The van der Waals surface area contributed by atoms with Crippen LogP contribution in [0.5, 0.6) is 0 Å². The highest BCUT2D eigenvalue weighted by Gasteiger charge is 2.15. The van der Waals surface area contributed by atoms with Gasteiger partial charge in [0.2, 0.25) is 0 Å². The minimum Gasteiger partial charge on any atom is -0.351 e. The first-order valence-electron chi connectivity index (χ1n) is 7.20. The zero-order valence-electron chi connectivity index (χ0n) is 12.7. The number of benzene rings is 1. The van der Waals surface area contributed by atoms with E-state index in [4.69, 9.17) is 5.41 Å². The molecule has 0 fully saturated rings. The van der Waals surface area contributed by atoms with Gasteiger partial charge in [-0.05, 0) is 19.1 Å². The molecule has 0 saturated carbocycles. The van der Waals surface area contributed by atoms with Crippen LogP contribution in [-0.4, -0.2) is 21.2 Å². The lowest BCUT2D eigenvalue weighted by molar-refractivity contribution is 1.09. The van der Waals surface area contributed by atoms with Gasteiger partial charge in [0.25, 0.3) is 5.56 Å². The first-order valence-corrected chi connectivity index (χ1v) is 7.20. The molecule has 0 aliphatic rings. The van der Waals surface area contributed by atoms with Crippen molar-refractivity contribution in [1.29, 1.82) is 5.41 Å². The summed E-state index contributed by atoms with van der Waals surface area (Å²) in [5.41, 5.74) is 2.94. The predicted octanol–water partition coefficient (Wildman–Crippen LogP) is 3.59. The highest BCUT2D eigenvalue weighted by atomic mass is 16.1. The third-order valence-corrected chi connectivity index (χ3v) is 3.64. The van der Waals surface area contributed by atoms with E-state index in [0.29, 0.717) is 28.3 Å². The molecule has 3 aromatic rings. The Morgan fingerprint density at radius 1 is 1.22 bits per heavy atom. The van der Waals surface area contributed by atoms with E-state index in [1.54, 1.807) is 6.08 Å². The number of allylic oxidation sites excluding steroid dienone is 1. The fraction of sp³-hybridized carbons (Fsp3) is 0.0556. The molecule has 0 atom stereocenters. The molecule has 2 heterocycles. The van der Waals surface area contributed by atoms with Crippen molar-refractivity contribution in [2.24, 2.45) is 0 Å². The molecular formula is C18H16N4O. The van der Waals surface area contributed by atoms with Crippen LogP contribution in [-0.2, 0) is 0 Å². The Kier molecular flexibility index (Phi) is 3.76. The zero-order chi connectivity index (χ0) is 16.4. The van der Waals surface area contributed by atoms with Crippen LogP contribution in [0.25, 0.3) is 34.6 Å². The lowest BCUT2D eigenvalue weighted by atomic mass is 10.1. The van der Waals surface area contributed by atoms with Crippen LogP contribution in [0.4, 0.5) is 0 Å². The van der Waals surface area contributed by atoms with E-state index >= 15 is 0 Å². The molecule has 3 N–H and O–H groups in total. The van der Waals surface area contributed by atoms with Gasteiger partial charge in [-0.25, -0.2) is 4.98 Å². The first-order chi connectivity index (χ1) is 11.2. The van der Waals surface area contributed by atoms with Gasteiger partial charge in [0.15, 0.2) is 5.82 Å². The van der Waals surface area contributed by atoms with Crippen molar-refractivity contribution in [3.8, 4) is 11.5 Å². The standard InChI is InChI=1S/C18H16N4O/c1-3-7-14-11(4-2)18(23)22-17(21-14)16-13(10-19)12-8-5-6-9-15(12)20-16/h3-10,19-20H,2H2,1H3,(H,21,22,23)/b7-3-,19-10?. The summed E-state index contributed by atoms with van der Waals surface area (Å²) < 4.78 is 0. The molecule has 5 heteroatoms. The van der Waals surface area contributed by atoms with Crippen molar-refractivity contribution in [3.05, 3.63) is 64.1 Å². The summed E-state index contributed by atoms with van der Waals surface area (Å²) in [5, 5.41) is 8.62. The molecule has 23 heavy (non-hydrogen) atoms. The Labute approximate surface area is 132 Å². The highest BCUT2D eigenvalue weighted by Crippen LogP contribution is 2.27. The lowest BCUT2D eigenvalue weighted by Gasteiger charge is -2.04. The van der Waals surface area contributed by atoms with Crippen LogP contribution in [0.15, 0.2) is 41.7 Å². The second-order valence-corrected chi connectivity index (χ2v) is 5.02. The third kappa shape index (κ3) is 2.42. The van der Waals surface area contributed by atoms with Gasteiger partial charge in [0.05, 0.1) is 17.0 Å². The van der Waals surface area contributed by atoms with Gasteiger partial charge in [-0.1, -0.05) is 36.9 Å². The summed E-state index contributed by atoms with van der Waals surface area (Å²) in [4.78, 5) is 22.8. The fourth-order valence-corrected chi connectivity index (χ4v) is 2.60. The van der Waals surface area contributed by atoms with E-state index in [1.165, 1.54) is 12.3 Å². The molecular weight excluding hydrogens is 288 g/mol. The Balaban J connectivity index is 2.33. The van der Waals surface area contributed by atoms with Crippen LogP contribution < -0.4 is 5.56 Å². The smallest absolute Gasteiger partial charge is 0.259 e. The quantitative estimate of drug-likeness (QED) is 0.643. The molecule has 1 aromatic carbocycles. The van der Waals surface area contributed by atoms with Gasteiger partial charge in [-0.15, -0.1) is 0 Å². The van der Waals surface area contributed by atoms with Crippen LogP contribution >= 0.6 is 0 Å². The first kappa shape index (κ1) is 14.7. The number of para-hydroxylation sites is 1. The van der Waals surface area contributed by atoms with E-state index in [0.717, 1.165) is 10.9 Å². The molecule has 0 radical (unpaired) electrons.